The molecule has 11 nitrogen and oxygen atoms in total. The molecule has 0 unspecified atom stereocenters. The van der Waals surface area contributed by atoms with Crippen LogP contribution in [0.3, 0.4) is 0 Å². The summed E-state index contributed by atoms with van der Waals surface area (Å²) in [4.78, 5) is 57.9. The van der Waals surface area contributed by atoms with Crippen molar-refractivity contribution in [3.63, 3.8) is 0 Å². The molecule has 5 rings (SSSR count). The van der Waals surface area contributed by atoms with Gasteiger partial charge in [-0.3, -0.25) is 4.79 Å². The number of cyclic esters (lactones) is 1. The molecule has 0 aliphatic carbocycles. The van der Waals surface area contributed by atoms with E-state index in [4.69, 9.17) is 28.4 Å². The molecule has 246 valence electrons. The van der Waals surface area contributed by atoms with Gasteiger partial charge in [0.05, 0.1) is 29.0 Å². The first kappa shape index (κ1) is 33.3. The highest BCUT2D eigenvalue weighted by Crippen LogP contribution is 2.42. The van der Waals surface area contributed by atoms with Crippen molar-refractivity contribution in [3.8, 4) is 17.1 Å². The lowest BCUT2D eigenvalue weighted by molar-refractivity contribution is -0.193. The Morgan fingerprint density at radius 2 is 1.78 bits per heavy atom. The molecule has 0 spiro atoms. The van der Waals surface area contributed by atoms with Crippen molar-refractivity contribution in [2.24, 2.45) is 0 Å². The number of ether oxygens (including phenoxy) is 4. The van der Waals surface area contributed by atoms with Crippen LogP contribution in [0.5, 0.6) is 5.75 Å². The van der Waals surface area contributed by atoms with Crippen molar-refractivity contribution >= 4 is 37.3 Å². The summed E-state index contributed by atoms with van der Waals surface area (Å²) in [6, 6.07) is 8.63. The van der Waals surface area contributed by atoms with Crippen LogP contribution in [0.1, 0.15) is 78.5 Å². The lowest BCUT2D eigenvalue weighted by Crippen LogP contribution is -2.50. The summed E-state index contributed by atoms with van der Waals surface area (Å²) in [5, 5.41) is 0.559. The van der Waals surface area contributed by atoms with Crippen molar-refractivity contribution in [2.75, 3.05) is 0 Å². The Balaban J connectivity index is 1.51. The van der Waals surface area contributed by atoms with E-state index in [-0.39, 0.29) is 35.7 Å². The van der Waals surface area contributed by atoms with Gasteiger partial charge in [-0.2, -0.15) is 0 Å². The Labute approximate surface area is 269 Å². The van der Waals surface area contributed by atoms with E-state index >= 15 is 0 Å². The molecule has 0 fully saturated rings. The topological polar surface area (TPSA) is 132 Å². The largest absolute Gasteiger partial charge is 0.514 e. The van der Waals surface area contributed by atoms with Gasteiger partial charge in [-0.05, 0) is 82.6 Å². The Morgan fingerprint density at radius 3 is 2.41 bits per heavy atom. The fourth-order valence-electron chi connectivity index (χ4n) is 5.47. The van der Waals surface area contributed by atoms with E-state index in [1.165, 1.54) is 0 Å². The first-order chi connectivity index (χ1) is 21.3. The summed E-state index contributed by atoms with van der Waals surface area (Å²) in [7, 11) is -2.34. The fourth-order valence-corrected chi connectivity index (χ4v) is 6.81. The normalized spacial score (nSPS) is 18.3. The van der Waals surface area contributed by atoms with Crippen LogP contribution in [0.25, 0.3) is 22.3 Å². The summed E-state index contributed by atoms with van der Waals surface area (Å²) in [6.07, 6.45) is -1.70. The highest BCUT2D eigenvalue weighted by molar-refractivity contribution is 6.74. The molecule has 2 atom stereocenters. The smallest absolute Gasteiger partial charge is 0.457 e. The number of rotatable bonds is 6. The van der Waals surface area contributed by atoms with E-state index in [0.29, 0.717) is 33.6 Å². The summed E-state index contributed by atoms with van der Waals surface area (Å²) >= 11 is 0. The Bertz CT molecular complexity index is 1820. The van der Waals surface area contributed by atoms with Crippen LogP contribution in [0, 0.1) is 0 Å². The monoisotopic (exact) mass is 650 g/mol. The minimum Gasteiger partial charge on any atom is -0.457 e. The maximum atomic E-state index is 13.9. The minimum absolute atomic E-state index is 0.0543. The number of fused-ring (bicyclic) bond motifs is 5. The zero-order valence-corrected chi connectivity index (χ0v) is 29.2. The van der Waals surface area contributed by atoms with Gasteiger partial charge in [0.15, 0.2) is 8.32 Å². The van der Waals surface area contributed by atoms with Crippen molar-refractivity contribution in [3.05, 3.63) is 57.4 Å². The number of aromatic nitrogens is 2. The lowest BCUT2D eigenvalue weighted by atomic mass is 9.85. The molecule has 2 aliphatic rings. The van der Waals surface area contributed by atoms with Gasteiger partial charge in [0.25, 0.3) is 5.56 Å². The highest BCUT2D eigenvalue weighted by atomic mass is 28.4. The van der Waals surface area contributed by atoms with Crippen LogP contribution in [-0.2, 0) is 47.0 Å². The van der Waals surface area contributed by atoms with E-state index in [9.17, 15) is 19.2 Å². The third-order valence-corrected chi connectivity index (χ3v) is 13.5. The van der Waals surface area contributed by atoms with Crippen LogP contribution >= 0.6 is 0 Å². The molecule has 2 aliphatic heterocycles. The van der Waals surface area contributed by atoms with E-state index in [0.717, 1.165) is 5.56 Å². The summed E-state index contributed by atoms with van der Waals surface area (Å²) in [5.41, 5.74) is 0.124. The van der Waals surface area contributed by atoms with Gasteiger partial charge in [-0.15, -0.1) is 0 Å². The number of esters is 2. The van der Waals surface area contributed by atoms with Crippen LogP contribution < -0.4 is 10.3 Å². The quantitative estimate of drug-likeness (QED) is 0.101. The van der Waals surface area contributed by atoms with Crippen LogP contribution in [0.4, 0.5) is 4.79 Å². The average Bonchev–Trinajstić information content (AvgIpc) is 3.29. The number of hydrogen-bond donors (Lipinski definition) is 0. The number of carbonyl (C=O) groups excluding carboxylic acids is 3. The zero-order valence-electron chi connectivity index (χ0n) is 28.2. The first-order valence-corrected chi connectivity index (χ1v) is 18.4. The van der Waals surface area contributed by atoms with Gasteiger partial charge in [-0.25, -0.2) is 19.4 Å². The second kappa shape index (κ2) is 11.3. The van der Waals surface area contributed by atoms with Gasteiger partial charge in [-0.1, -0.05) is 27.7 Å². The SMILES string of the molecule is CC[C@@]1(OC(=O)[C@H](C)O[Si](C)(C)C(C)(C)C)C(=O)OCc2c1cc1n(c2=O)Cc2cc3cc(OC(=O)OC(C)(C)C)ccc3nc2-1. The number of benzene rings is 1. The minimum atomic E-state index is -2.34. The third kappa shape index (κ3) is 5.95. The first-order valence-electron chi connectivity index (χ1n) is 15.5. The van der Waals surface area contributed by atoms with Gasteiger partial charge >= 0.3 is 18.1 Å². The predicted molar refractivity (Wildman–Crippen MR) is 173 cm³/mol. The molecule has 46 heavy (non-hydrogen) atoms. The van der Waals surface area contributed by atoms with Crippen molar-refractivity contribution in [1.29, 1.82) is 0 Å². The summed E-state index contributed by atoms with van der Waals surface area (Å²) in [6.45, 7) is 18.9. The summed E-state index contributed by atoms with van der Waals surface area (Å²) < 4.78 is 29.9. The van der Waals surface area contributed by atoms with Gasteiger partial charge in [0, 0.05) is 16.5 Å². The number of carbonyl (C=O) groups is 3. The van der Waals surface area contributed by atoms with Crippen molar-refractivity contribution in [1.82, 2.24) is 9.55 Å². The molecule has 0 amide bonds. The van der Waals surface area contributed by atoms with E-state index in [2.05, 4.69) is 20.8 Å². The molecular formula is C34H42N2O9Si. The van der Waals surface area contributed by atoms with Crippen LogP contribution in [0.2, 0.25) is 18.1 Å². The van der Waals surface area contributed by atoms with Gasteiger partial charge in [0.1, 0.15) is 24.1 Å². The van der Waals surface area contributed by atoms with Crippen molar-refractivity contribution < 1.29 is 37.8 Å². The Kier molecular flexibility index (Phi) is 8.22. The third-order valence-electron chi connectivity index (χ3n) is 8.92. The molecule has 0 radical (unpaired) electrons. The molecule has 12 heteroatoms. The lowest BCUT2D eigenvalue weighted by Gasteiger charge is -2.39. The molecule has 0 N–H and O–H groups in total. The van der Waals surface area contributed by atoms with Crippen LogP contribution in [-0.4, -0.2) is 47.7 Å². The molecule has 2 aromatic heterocycles. The molecule has 1 aromatic carbocycles. The van der Waals surface area contributed by atoms with Crippen LogP contribution in [0.15, 0.2) is 35.1 Å². The Hall–Kier alpha value is -4.03. The predicted octanol–water partition coefficient (Wildman–Crippen LogP) is 6.35. The van der Waals surface area contributed by atoms with E-state index in [1.54, 1.807) is 63.5 Å². The Morgan fingerprint density at radius 1 is 1.09 bits per heavy atom. The molecular weight excluding hydrogens is 608 g/mol. The zero-order chi connectivity index (χ0) is 34.0. The average molecular weight is 651 g/mol. The van der Waals surface area contributed by atoms with Crippen molar-refractivity contribution in [2.45, 2.75) is 110 Å². The number of nitrogens with zero attached hydrogens (tertiary/aromatic N) is 2. The van der Waals surface area contributed by atoms with E-state index in [1.807, 2.05) is 19.2 Å². The molecule has 4 heterocycles. The molecule has 3 aromatic rings. The molecule has 0 saturated heterocycles. The molecule has 0 saturated carbocycles. The van der Waals surface area contributed by atoms with Gasteiger partial charge < -0.3 is 27.9 Å². The number of hydrogen-bond acceptors (Lipinski definition) is 10. The van der Waals surface area contributed by atoms with Gasteiger partial charge in [0.2, 0.25) is 5.60 Å². The highest BCUT2D eigenvalue weighted by Gasteiger charge is 2.51. The maximum Gasteiger partial charge on any atom is 0.514 e. The standard InChI is InChI=1S/C34H42N2O9Si/c1-11-34(43-29(38)19(2)45-46(9,10)33(6,7)8)24-16-26-27-21(17-36(26)28(37)23(24)18-41-30(34)39)14-20-15-22(12-13-25(20)35-27)42-31(40)44-32(3,4)5/h12-16,19H,11,17-18H2,1-10H3/t19-,34-/m0/s1. The van der Waals surface area contributed by atoms with E-state index < -0.39 is 43.7 Å². The second-order valence-electron chi connectivity index (χ2n) is 14.4. The summed E-state index contributed by atoms with van der Waals surface area (Å²) in [5.74, 6) is -1.14. The molecule has 0 bridgehead atoms. The fraction of sp³-hybridized carbons (Fsp3) is 0.500. The number of pyridine rings is 2. The maximum absolute atomic E-state index is 13.9. The second-order valence-corrected chi connectivity index (χ2v) is 19.2.